The highest BCUT2D eigenvalue weighted by atomic mass is 35.5. The second kappa shape index (κ2) is 7.71. The Hall–Kier alpha value is -2.65. The molecule has 0 aromatic heterocycles. The number of halogens is 4. The van der Waals surface area contributed by atoms with Crippen molar-refractivity contribution in [2.24, 2.45) is 0 Å². The predicted molar refractivity (Wildman–Crippen MR) is 85.8 cm³/mol. The maximum absolute atomic E-state index is 12.6. The number of nitro benzene ring substituents is 1. The summed E-state index contributed by atoms with van der Waals surface area (Å²) < 4.78 is 48.0. The number of benzene rings is 2. The normalized spacial score (nSPS) is 11.3. The second-order valence-electron chi connectivity index (χ2n) is 5.04. The highest BCUT2D eigenvalue weighted by molar-refractivity contribution is 6.32. The number of nitrogens with zero attached hydrogens (tertiary/aromatic N) is 1. The van der Waals surface area contributed by atoms with Crippen LogP contribution in [0.4, 0.5) is 18.9 Å². The number of nitro groups is 1. The molecule has 0 aliphatic rings. The minimum atomic E-state index is -4.56. The van der Waals surface area contributed by atoms with Crippen LogP contribution in [-0.4, -0.2) is 24.4 Å². The van der Waals surface area contributed by atoms with Crippen molar-refractivity contribution in [1.29, 1.82) is 0 Å². The molecule has 0 atom stereocenters. The SMILES string of the molecule is COCC(=O)c1cc(Oc2ccc(C(F)(F)F)cc2Cl)ccc1[N+](=O)[O-]. The number of carbonyl (C=O) groups is 1. The molecule has 2 aromatic rings. The Bertz CT molecular complexity index is 854. The van der Waals surface area contributed by atoms with E-state index in [-0.39, 0.29) is 28.7 Å². The molecule has 0 amide bonds. The van der Waals surface area contributed by atoms with E-state index in [1.165, 1.54) is 13.2 Å². The maximum Gasteiger partial charge on any atom is 0.416 e. The number of alkyl halides is 3. The third-order valence-corrected chi connectivity index (χ3v) is 3.52. The third kappa shape index (κ3) is 4.50. The van der Waals surface area contributed by atoms with E-state index < -0.39 is 28.1 Å². The summed E-state index contributed by atoms with van der Waals surface area (Å²) in [6.07, 6.45) is -4.56. The number of hydrogen-bond donors (Lipinski definition) is 0. The Morgan fingerprint density at radius 3 is 2.46 bits per heavy atom. The Kier molecular flexibility index (Phi) is 5.83. The molecule has 2 rings (SSSR count). The number of Topliss-reactive ketones (excluding diaryl/α,β-unsaturated/α-hetero) is 1. The van der Waals surface area contributed by atoms with Gasteiger partial charge in [-0.15, -0.1) is 0 Å². The summed E-state index contributed by atoms with van der Waals surface area (Å²) >= 11 is 5.80. The van der Waals surface area contributed by atoms with Gasteiger partial charge in [0.2, 0.25) is 0 Å². The first kappa shape index (κ1) is 19.7. The van der Waals surface area contributed by atoms with Crippen molar-refractivity contribution in [3.8, 4) is 11.5 Å². The van der Waals surface area contributed by atoms with Crippen molar-refractivity contribution in [3.63, 3.8) is 0 Å². The summed E-state index contributed by atoms with van der Waals surface area (Å²) in [4.78, 5) is 22.3. The van der Waals surface area contributed by atoms with Crippen molar-refractivity contribution < 1.29 is 32.4 Å². The Balaban J connectivity index is 2.37. The van der Waals surface area contributed by atoms with Crippen LogP contribution in [0.2, 0.25) is 5.02 Å². The number of rotatable bonds is 6. The molecule has 138 valence electrons. The van der Waals surface area contributed by atoms with Crippen LogP contribution in [0.5, 0.6) is 11.5 Å². The van der Waals surface area contributed by atoms with Crippen LogP contribution < -0.4 is 4.74 Å². The fourth-order valence-electron chi connectivity index (χ4n) is 2.06. The molecular weight excluding hydrogens is 379 g/mol. The van der Waals surface area contributed by atoms with E-state index in [1.807, 2.05) is 0 Å². The van der Waals surface area contributed by atoms with E-state index in [4.69, 9.17) is 16.3 Å². The maximum atomic E-state index is 12.6. The van der Waals surface area contributed by atoms with Crippen molar-refractivity contribution in [2.45, 2.75) is 6.18 Å². The molecule has 0 aliphatic carbocycles. The first-order valence-electron chi connectivity index (χ1n) is 6.98. The van der Waals surface area contributed by atoms with Gasteiger partial charge in [-0.1, -0.05) is 11.6 Å². The quantitative estimate of drug-likeness (QED) is 0.399. The lowest BCUT2D eigenvalue weighted by Crippen LogP contribution is -2.10. The van der Waals surface area contributed by atoms with E-state index in [1.54, 1.807) is 0 Å². The van der Waals surface area contributed by atoms with Crippen molar-refractivity contribution in [3.05, 3.63) is 62.7 Å². The summed E-state index contributed by atoms with van der Waals surface area (Å²) in [5, 5.41) is 10.7. The minimum absolute atomic E-state index is 0.00304. The molecule has 0 aliphatic heterocycles. The van der Waals surface area contributed by atoms with Crippen LogP contribution in [0.1, 0.15) is 15.9 Å². The molecule has 0 spiro atoms. The molecule has 26 heavy (non-hydrogen) atoms. The zero-order valence-corrected chi connectivity index (χ0v) is 13.9. The number of ether oxygens (including phenoxy) is 2. The fraction of sp³-hybridized carbons (Fsp3) is 0.188. The standard InChI is InChI=1S/C16H11ClF3NO5/c1-25-8-14(22)11-7-10(3-4-13(11)21(23)24)26-15-5-2-9(6-12(15)17)16(18,19)20/h2-7H,8H2,1H3. The number of methoxy groups -OCH3 is 1. The van der Waals surface area contributed by atoms with Gasteiger partial charge < -0.3 is 9.47 Å². The van der Waals surface area contributed by atoms with Gasteiger partial charge in [-0.2, -0.15) is 13.2 Å². The van der Waals surface area contributed by atoms with Gasteiger partial charge in [-0.05, 0) is 30.3 Å². The average Bonchev–Trinajstić information content (AvgIpc) is 2.55. The van der Waals surface area contributed by atoms with E-state index in [2.05, 4.69) is 4.74 Å². The Morgan fingerprint density at radius 1 is 1.23 bits per heavy atom. The largest absolute Gasteiger partial charge is 0.456 e. The average molecular weight is 390 g/mol. The smallest absolute Gasteiger partial charge is 0.416 e. The number of carbonyl (C=O) groups excluding carboxylic acids is 1. The van der Waals surface area contributed by atoms with Crippen molar-refractivity contribution >= 4 is 23.1 Å². The zero-order chi connectivity index (χ0) is 19.5. The van der Waals surface area contributed by atoms with Crippen LogP contribution in [-0.2, 0) is 10.9 Å². The van der Waals surface area contributed by atoms with Crippen LogP contribution in [0.15, 0.2) is 36.4 Å². The number of hydrogen-bond acceptors (Lipinski definition) is 5. The molecule has 0 heterocycles. The minimum Gasteiger partial charge on any atom is -0.456 e. The van der Waals surface area contributed by atoms with Gasteiger partial charge in [0, 0.05) is 13.2 Å². The lowest BCUT2D eigenvalue weighted by atomic mass is 10.1. The molecule has 0 saturated heterocycles. The first-order valence-corrected chi connectivity index (χ1v) is 7.36. The van der Waals surface area contributed by atoms with Crippen LogP contribution in [0, 0.1) is 10.1 Å². The van der Waals surface area contributed by atoms with Gasteiger partial charge in [-0.25, -0.2) is 0 Å². The molecular formula is C16H11ClF3NO5. The molecule has 0 saturated carbocycles. The molecule has 2 aromatic carbocycles. The molecule has 10 heteroatoms. The van der Waals surface area contributed by atoms with E-state index in [0.717, 1.165) is 24.3 Å². The first-order chi connectivity index (χ1) is 12.1. The summed E-state index contributed by atoms with van der Waals surface area (Å²) in [7, 11) is 1.26. The topological polar surface area (TPSA) is 78.7 Å². The Morgan fingerprint density at radius 2 is 1.92 bits per heavy atom. The van der Waals surface area contributed by atoms with Gasteiger partial charge >= 0.3 is 6.18 Å². The van der Waals surface area contributed by atoms with Gasteiger partial charge in [0.25, 0.3) is 5.69 Å². The van der Waals surface area contributed by atoms with E-state index in [0.29, 0.717) is 6.07 Å². The van der Waals surface area contributed by atoms with Crippen LogP contribution in [0.25, 0.3) is 0 Å². The van der Waals surface area contributed by atoms with Crippen LogP contribution in [0.3, 0.4) is 0 Å². The number of ketones is 1. The summed E-state index contributed by atoms with van der Waals surface area (Å²) in [5.41, 5.74) is -1.65. The fourth-order valence-corrected chi connectivity index (χ4v) is 2.28. The highest BCUT2D eigenvalue weighted by Gasteiger charge is 2.31. The second-order valence-corrected chi connectivity index (χ2v) is 5.44. The van der Waals surface area contributed by atoms with Crippen molar-refractivity contribution in [2.75, 3.05) is 13.7 Å². The summed E-state index contributed by atoms with van der Waals surface area (Å²) in [6.45, 7) is -0.384. The highest BCUT2D eigenvalue weighted by Crippen LogP contribution is 2.37. The van der Waals surface area contributed by atoms with E-state index >= 15 is 0 Å². The lowest BCUT2D eigenvalue weighted by molar-refractivity contribution is -0.385. The summed E-state index contributed by atoms with van der Waals surface area (Å²) in [5.74, 6) is -0.751. The van der Waals surface area contributed by atoms with Crippen LogP contribution >= 0.6 is 11.6 Å². The van der Waals surface area contributed by atoms with Gasteiger partial charge in [0.1, 0.15) is 23.7 Å². The lowest BCUT2D eigenvalue weighted by Gasteiger charge is -2.12. The Labute approximate surface area is 150 Å². The third-order valence-electron chi connectivity index (χ3n) is 3.23. The monoisotopic (exact) mass is 389 g/mol. The molecule has 0 unspecified atom stereocenters. The summed E-state index contributed by atoms with van der Waals surface area (Å²) in [6, 6.07) is 5.85. The molecule has 0 N–H and O–H groups in total. The van der Waals surface area contributed by atoms with E-state index in [9.17, 15) is 28.1 Å². The van der Waals surface area contributed by atoms with Gasteiger partial charge in [0.05, 0.1) is 15.5 Å². The molecule has 0 fully saturated rings. The molecule has 0 radical (unpaired) electrons. The van der Waals surface area contributed by atoms with Crippen molar-refractivity contribution in [1.82, 2.24) is 0 Å². The zero-order valence-electron chi connectivity index (χ0n) is 13.2. The van der Waals surface area contributed by atoms with Gasteiger partial charge in [-0.3, -0.25) is 14.9 Å². The molecule has 6 nitrogen and oxygen atoms in total. The van der Waals surface area contributed by atoms with Gasteiger partial charge in [0.15, 0.2) is 5.78 Å². The predicted octanol–water partition coefficient (Wildman–Crippen LogP) is 4.89. The molecule has 0 bridgehead atoms.